The van der Waals surface area contributed by atoms with Crippen LogP contribution in [0, 0.1) is 19.7 Å². The molecule has 0 N–H and O–H groups in total. The van der Waals surface area contributed by atoms with E-state index in [1.165, 1.54) is 12.1 Å². The highest BCUT2D eigenvalue weighted by Crippen LogP contribution is 2.28. The Bertz CT molecular complexity index is 968. The normalized spacial score (nSPS) is 14.1. The summed E-state index contributed by atoms with van der Waals surface area (Å²) in [6, 6.07) is 9.95. The van der Waals surface area contributed by atoms with Gasteiger partial charge in [0.05, 0.1) is 31.6 Å². The third-order valence-electron chi connectivity index (χ3n) is 4.52. The molecule has 1 aliphatic heterocycles. The van der Waals surface area contributed by atoms with Crippen LogP contribution >= 0.6 is 0 Å². The molecule has 140 valence electrons. The predicted molar refractivity (Wildman–Crippen MR) is 98.2 cm³/mol. The van der Waals surface area contributed by atoms with Gasteiger partial charge in [0, 0.05) is 12.1 Å². The van der Waals surface area contributed by atoms with E-state index in [1.54, 1.807) is 19.2 Å². The first-order valence-corrected chi connectivity index (χ1v) is 8.66. The zero-order chi connectivity index (χ0) is 19.0. The van der Waals surface area contributed by atoms with Crippen LogP contribution in [0.15, 0.2) is 36.4 Å². The fourth-order valence-electron chi connectivity index (χ4n) is 3.13. The molecule has 3 aromatic rings. The van der Waals surface area contributed by atoms with Gasteiger partial charge in [-0.05, 0) is 32.0 Å². The lowest BCUT2D eigenvalue weighted by atomic mass is 10.2. The summed E-state index contributed by atoms with van der Waals surface area (Å²) < 4.78 is 26.3. The molecule has 4 rings (SSSR count). The molecule has 1 aromatic carbocycles. The number of halogens is 1. The SMILES string of the molecule is COc1ccc(-n2c(C)nnc2N2CC(Oc3cccc(F)c3)C2)c(C)n1. The number of rotatable bonds is 5. The molecular formula is C19H20FN5O2. The molecule has 27 heavy (non-hydrogen) atoms. The topological polar surface area (TPSA) is 65.3 Å². The average Bonchev–Trinajstić information content (AvgIpc) is 2.98. The Balaban J connectivity index is 1.52. The van der Waals surface area contributed by atoms with Crippen molar-refractivity contribution in [3.05, 3.63) is 53.7 Å². The second-order valence-corrected chi connectivity index (χ2v) is 6.44. The zero-order valence-corrected chi connectivity index (χ0v) is 15.4. The van der Waals surface area contributed by atoms with Gasteiger partial charge in [0.15, 0.2) is 0 Å². The fraction of sp³-hybridized carbons (Fsp3) is 0.316. The monoisotopic (exact) mass is 369 g/mol. The molecule has 0 amide bonds. The number of anilines is 1. The highest BCUT2D eigenvalue weighted by atomic mass is 19.1. The van der Waals surface area contributed by atoms with Crippen LogP contribution in [0.3, 0.4) is 0 Å². The molecule has 0 atom stereocenters. The van der Waals surface area contributed by atoms with Gasteiger partial charge in [-0.15, -0.1) is 10.2 Å². The van der Waals surface area contributed by atoms with Crippen LogP contribution in [-0.4, -0.2) is 46.1 Å². The first-order valence-electron chi connectivity index (χ1n) is 8.66. The minimum absolute atomic E-state index is 0.0210. The van der Waals surface area contributed by atoms with Crippen molar-refractivity contribution in [3.63, 3.8) is 0 Å². The second kappa shape index (κ2) is 6.86. The van der Waals surface area contributed by atoms with Crippen molar-refractivity contribution in [2.24, 2.45) is 0 Å². The van der Waals surface area contributed by atoms with Crippen LogP contribution in [0.2, 0.25) is 0 Å². The number of benzene rings is 1. The maximum Gasteiger partial charge on any atom is 0.232 e. The number of pyridine rings is 1. The molecule has 1 aliphatic rings. The third kappa shape index (κ3) is 3.30. The minimum atomic E-state index is -0.304. The Morgan fingerprint density at radius 2 is 1.93 bits per heavy atom. The summed E-state index contributed by atoms with van der Waals surface area (Å²) in [5.74, 6) is 2.31. The Labute approximate surface area is 156 Å². The summed E-state index contributed by atoms with van der Waals surface area (Å²) in [5, 5.41) is 8.54. The zero-order valence-electron chi connectivity index (χ0n) is 15.4. The number of aromatic nitrogens is 4. The van der Waals surface area contributed by atoms with Gasteiger partial charge >= 0.3 is 0 Å². The molecule has 0 radical (unpaired) electrons. The van der Waals surface area contributed by atoms with E-state index in [9.17, 15) is 4.39 Å². The summed E-state index contributed by atoms with van der Waals surface area (Å²) in [6.45, 7) is 5.13. The van der Waals surface area contributed by atoms with E-state index in [0.29, 0.717) is 24.7 Å². The van der Waals surface area contributed by atoms with E-state index in [0.717, 1.165) is 23.2 Å². The standard InChI is InChI=1S/C19H20FN5O2/c1-12-17(7-8-18(21-12)26-3)25-13(2)22-23-19(25)24-10-16(11-24)27-15-6-4-5-14(20)9-15/h4-9,16H,10-11H2,1-3H3. The summed E-state index contributed by atoms with van der Waals surface area (Å²) in [4.78, 5) is 6.51. The number of hydrogen-bond acceptors (Lipinski definition) is 6. The summed E-state index contributed by atoms with van der Waals surface area (Å²) >= 11 is 0. The molecule has 7 nitrogen and oxygen atoms in total. The lowest BCUT2D eigenvalue weighted by Gasteiger charge is -2.39. The van der Waals surface area contributed by atoms with Crippen molar-refractivity contribution in [1.29, 1.82) is 0 Å². The molecule has 8 heteroatoms. The smallest absolute Gasteiger partial charge is 0.232 e. The molecule has 1 fully saturated rings. The van der Waals surface area contributed by atoms with Gasteiger partial charge in [0.2, 0.25) is 11.8 Å². The maximum atomic E-state index is 13.3. The Morgan fingerprint density at radius 1 is 1.11 bits per heavy atom. The molecular weight excluding hydrogens is 349 g/mol. The first kappa shape index (κ1) is 17.3. The van der Waals surface area contributed by atoms with Crippen LogP contribution in [-0.2, 0) is 0 Å². The molecule has 0 spiro atoms. The van der Waals surface area contributed by atoms with Crippen molar-refractivity contribution < 1.29 is 13.9 Å². The molecule has 0 unspecified atom stereocenters. The maximum absolute atomic E-state index is 13.3. The van der Waals surface area contributed by atoms with E-state index in [1.807, 2.05) is 30.5 Å². The number of aryl methyl sites for hydroxylation is 2. The summed E-state index contributed by atoms with van der Waals surface area (Å²) in [6.07, 6.45) is -0.0210. The van der Waals surface area contributed by atoms with Crippen molar-refractivity contribution in [2.45, 2.75) is 20.0 Å². The lowest BCUT2D eigenvalue weighted by molar-refractivity contribution is 0.165. The van der Waals surface area contributed by atoms with Crippen molar-refractivity contribution in [2.75, 3.05) is 25.1 Å². The second-order valence-electron chi connectivity index (χ2n) is 6.44. The molecule has 3 heterocycles. The van der Waals surface area contributed by atoms with Gasteiger partial charge in [-0.2, -0.15) is 0 Å². The Kier molecular flexibility index (Phi) is 4.39. The highest BCUT2D eigenvalue weighted by Gasteiger charge is 2.33. The van der Waals surface area contributed by atoms with Crippen molar-refractivity contribution in [3.8, 4) is 17.3 Å². The number of hydrogen-bond donors (Lipinski definition) is 0. The van der Waals surface area contributed by atoms with E-state index in [2.05, 4.69) is 20.1 Å². The van der Waals surface area contributed by atoms with Gasteiger partial charge < -0.3 is 14.4 Å². The van der Waals surface area contributed by atoms with Crippen LogP contribution < -0.4 is 14.4 Å². The molecule has 0 aliphatic carbocycles. The number of methoxy groups -OCH3 is 1. The Morgan fingerprint density at radius 3 is 2.63 bits per heavy atom. The summed E-state index contributed by atoms with van der Waals surface area (Å²) in [7, 11) is 1.59. The third-order valence-corrected chi connectivity index (χ3v) is 4.52. The van der Waals surface area contributed by atoms with Crippen LogP contribution in [0.4, 0.5) is 10.3 Å². The van der Waals surface area contributed by atoms with Crippen LogP contribution in [0.1, 0.15) is 11.5 Å². The van der Waals surface area contributed by atoms with E-state index >= 15 is 0 Å². The molecule has 2 aromatic heterocycles. The lowest BCUT2D eigenvalue weighted by Crippen LogP contribution is -2.54. The quantitative estimate of drug-likeness (QED) is 0.689. The van der Waals surface area contributed by atoms with Crippen molar-refractivity contribution in [1.82, 2.24) is 19.7 Å². The predicted octanol–water partition coefficient (Wildman–Crippen LogP) is 2.69. The van der Waals surface area contributed by atoms with Gasteiger partial charge in [-0.3, -0.25) is 4.57 Å². The van der Waals surface area contributed by atoms with Gasteiger partial charge in [-0.25, -0.2) is 9.37 Å². The van der Waals surface area contributed by atoms with Gasteiger partial charge in [0.1, 0.15) is 23.5 Å². The molecule has 0 saturated carbocycles. The molecule has 0 bridgehead atoms. The van der Waals surface area contributed by atoms with Gasteiger partial charge in [-0.1, -0.05) is 6.07 Å². The number of ether oxygens (including phenoxy) is 2. The van der Waals surface area contributed by atoms with E-state index in [4.69, 9.17) is 9.47 Å². The average molecular weight is 369 g/mol. The fourth-order valence-corrected chi connectivity index (χ4v) is 3.13. The van der Waals surface area contributed by atoms with Gasteiger partial charge in [0.25, 0.3) is 0 Å². The molecule has 1 saturated heterocycles. The van der Waals surface area contributed by atoms with E-state index < -0.39 is 0 Å². The van der Waals surface area contributed by atoms with Crippen molar-refractivity contribution >= 4 is 5.95 Å². The first-order chi connectivity index (χ1) is 13.0. The van der Waals surface area contributed by atoms with Crippen LogP contribution in [0.25, 0.3) is 5.69 Å². The summed E-state index contributed by atoms with van der Waals surface area (Å²) in [5.41, 5.74) is 1.73. The Hall–Kier alpha value is -3.16. The highest BCUT2D eigenvalue weighted by molar-refractivity contribution is 5.49. The largest absolute Gasteiger partial charge is 0.487 e. The number of nitrogens with zero attached hydrogens (tertiary/aromatic N) is 5. The van der Waals surface area contributed by atoms with Crippen LogP contribution in [0.5, 0.6) is 11.6 Å². The van der Waals surface area contributed by atoms with E-state index in [-0.39, 0.29) is 11.9 Å². The minimum Gasteiger partial charge on any atom is -0.487 e.